The normalized spacial score (nSPS) is 15.3. The van der Waals surface area contributed by atoms with E-state index in [0.29, 0.717) is 5.92 Å². The van der Waals surface area contributed by atoms with Gasteiger partial charge < -0.3 is 4.98 Å². The molecule has 18 heavy (non-hydrogen) atoms. The Morgan fingerprint density at radius 1 is 1.28 bits per heavy atom. The summed E-state index contributed by atoms with van der Waals surface area (Å²) in [6, 6.07) is 10.0. The van der Waals surface area contributed by atoms with Crippen molar-refractivity contribution in [3.8, 4) is 5.95 Å². The number of nitrogens with one attached hydrogen (secondary N) is 2. The zero-order valence-electron chi connectivity index (χ0n) is 9.68. The molecule has 0 saturated heterocycles. The van der Waals surface area contributed by atoms with E-state index in [1.54, 1.807) is 0 Å². The van der Waals surface area contributed by atoms with E-state index in [1.807, 2.05) is 35.0 Å². The number of rotatable bonds is 2. The highest BCUT2D eigenvalue weighted by Gasteiger charge is 2.25. The van der Waals surface area contributed by atoms with Crippen LogP contribution in [0.1, 0.15) is 24.5 Å². The third-order valence-electron chi connectivity index (χ3n) is 3.35. The Kier molecular flexibility index (Phi) is 1.99. The topological polar surface area (TPSA) is 49.4 Å². The number of hydrogen-bond acceptors (Lipinski definition) is 2. The molecule has 0 bridgehead atoms. The molecule has 2 heterocycles. The van der Waals surface area contributed by atoms with Gasteiger partial charge in [-0.05, 0) is 31.0 Å². The quantitative estimate of drug-likeness (QED) is 0.691. The van der Waals surface area contributed by atoms with Gasteiger partial charge in [0.1, 0.15) is 4.64 Å². The van der Waals surface area contributed by atoms with Crippen molar-refractivity contribution < 1.29 is 0 Å². The monoisotopic (exact) mass is 256 g/mol. The van der Waals surface area contributed by atoms with Crippen LogP contribution in [0.5, 0.6) is 0 Å². The van der Waals surface area contributed by atoms with Crippen molar-refractivity contribution in [1.29, 1.82) is 0 Å². The molecule has 4 rings (SSSR count). The minimum Gasteiger partial charge on any atom is -0.322 e. The second-order valence-electron chi connectivity index (χ2n) is 4.74. The predicted octanol–water partition coefficient (Wildman–Crippen LogP) is 3.29. The molecule has 0 radical (unpaired) electrons. The zero-order valence-corrected chi connectivity index (χ0v) is 10.5. The van der Waals surface area contributed by atoms with E-state index < -0.39 is 0 Å². The number of benzene rings is 1. The summed E-state index contributed by atoms with van der Waals surface area (Å²) in [5.41, 5.74) is 3.20. The predicted molar refractivity (Wildman–Crippen MR) is 72.6 cm³/mol. The third-order valence-corrected chi connectivity index (χ3v) is 3.65. The van der Waals surface area contributed by atoms with E-state index in [1.165, 1.54) is 18.5 Å². The molecule has 2 aromatic heterocycles. The van der Waals surface area contributed by atoms with Gasteiger partial charge in [-0.2, -0.15) is 0 Å². The van der Waals surface area contributed by atoms with E-state index in [-0.39, 0.29) is 0 Å². The maximum atomic E-state index is 5.38. The Morgan fingerprint density at radius 2 is 2.11 bits per heavy atom. The number of para-hydroxylation sites is 2. The maximum absolute atomic E-state index is 5.38. The van der Waals surface area contributed by atoms with Crippen LogP contribution < -0.4 is 0 Å². The number of aromatic nitrogens is 4. The molecule has 1 aliphatic rings. The van der Waals surface area contributed by atoms with Crippen LogP contribution in [0.2, 0.25) is 0 Å². The van der Waals surface area contributed by atoms with Crippen molar-refractivity contribution in [2.75, 3.05) is 0 Å². The van der Waals surface area contributed by atoms with Gasteiger partial charge >= 0.3 is 0 Å². The summed E-state index contributed by atoms with van der Waals surface area (Å²) in [6.07, 6.45) is 2.52. The Hall–Kier alpha value is -1.88. The second kappa shape index (κ2) is 3.55. The van der Waals surface area contributed by atoms with Gasteiger partial charge in [0.25, 0.3) is 0 Å². The lowest BCUT2D eigenvalue weighted by molar-refractivity contribution is 0.791. The van der Waals surface area contributed by atoms with E-state index in [0.717, 1.165) is 21.6 Å². The zero-order chi connectivity index (χ0) is 12.1. The third kappa shape index (κ3) is 1.51. The molecular formula is C13H12N4S. The first-order chi connectivity index (χ1) is 8.81. The van der Waals surface area contributed by atoms with Crippen LogP contribution in [0.4, 0.5) is 0 Å². The Labute approximate surface area is 109 Å². The van der Waals surface area contributed by atoms with Crippen molar-refractivity contribution in [2.24, 2.45) is 0 Å². The maximum Gasteiger partial charge on any atom is 0.228 e. The average molecular weight is 256 g/mol. The van der Waals surface area contributed by atoms with Crippen molar-refractivity contribution in [1.82, 2.24) is 19.7 Å². The second-order valence-corrected chi connectivity index (χ2v) is 5.16. The summed E-state index contributed by atoms with van der Waals surface area (Å²) in [5.74, 6) is 1.42. The van der Waals surface area contributed by atoms with Gasteiger partial charge in [-0.1, -0.05) is 24.4 Å². The molecule has 0 aliphatic heterocycles. The molecule has 0 unspecified atom stereocenters. The summed E-state index contributed by atoms with van der Waals surface area (Å²) < 4.78 is 2.62. The summed E-state index contributed by atoms with van der Waals surface area (Å²) in [4.78, 5) is 7.83. The molecule has 1 fully saturated rings. The summed E-state index contributed by atoms with van der Waals surface area (Å²) in [7, 11) is 0. The molecule has 90 valence electrons. The molecule has 5 heteroatoms. The van der Waals surface area contributed by atoms with Crippen LogP contribution >= 0.6 is 12.2 Å². The molecular weight excluding hydrogens is 244 g/mol. The van der Waals surface area contributed by atoms with Gasteiger partial charge in [0.2, 0.25) is 5.95 Å². The SMILES string of the molecule is S=c1cc(C2CC2)[nH]n1-c1nc2ccccc2[nH]1. The van der Waals surface area contributed by atoms with E-state index >= 15 is 0 Å². The van der Waals surface area contributed by atoms with Gasteiger partial charge in [-0.3, -0.25) is 5.10 Å². The molecule has 0 spiro atoms. The molecule has 1 aromatic carbocycles. The molecule has 0 atom stereocenters. The lowest BCUT2D eigenvalue weighted by Gasteiger charge is -1.96. The fourth-order valence-corrected chi connectivity index (χ4v) is 2.48. The van der Waals surface area contributed by atoms with Crippen LogP contribution in [-0.2, 0) is 0 Å². The fraction of sp³-hybridized carbons (Fsp3) is 0.231. The first kappa shape index (κ1) is 10.1. The highest BCUT2D eigenvalue weighted by molar-refractivity contribution is 7.71. The van der Waals surface area contributed by atoms with Crippen LogP contribution in [0, 0.1) is 4.64 Å². The first-order valence-corrected chi connectivity index (χ1v) is 6.49. The van der Waals surface area contributed by atoms with Crippen LogP contribution in [0.25, 0.3) is 17.0 Å². The van der Waals surface area contributed by atoms with Gasteiger partial charge in [0.05, 0.1) is 11.0 Å². The Morgan fingerprint density at radius 3 is 2.89 bits per heavy atom. The van der Waals surface area contributed by atoms with Gasteiger partial charge in [0.15, 0.2) is 0 Å². The number of hydrogen-bond donors (Lipinski definition) is 2. The molecule has 0 amide bonds. The molecule has 4 nitrogen and oxygen atoms in total. The summed E-state index contributed by atoms with van der Waals surface area (Å²) in [5, 5.41) is 3.34. The highest BCUT2D eigenvalue weighted by Crippen LogP contribution is 2.39. The van der Waals surface area contributed by atoms with Crippen molar-refractivity contribution in [3.05, 3.63) is 40.7 Å². The lowest BCUT2D eigenvalue weighted by atomic mass is 10.3. The van der Waals surface area contributed by atoms with Crippen LogP contribution in [-0.4, -0.2) is 19.7 Å². The molecule has 1 saturated carbocycles. The van der Waals surface area contributed by atoms with Gasteiger partial charge in [-0.15, -0.1) is 0 Å². The molecule has 1 aliphatic carbocycles. The number of nitrogens with zero attached hydrogens (tertiary/aromatic N) is 2. The first-order valence-electron chi connectivity index (χ1n) is 6.08. The average Bonchev–Trinajstić information content (AvgIpc) is 3.01. The van der Waals surface area contributed by atoms with E-state index in [4.69, 9.17) is 12.2 Å². The molecule has 2 N–H and O–H groups in total. The lowest BCUT2D eigenvalue weighted by Crippen LogP contribution is -1.99. The minimum atomic E-state index is 0.664. The Balaban J connectivity index is 1.88. The largest absolute Gasteiger partial charge is 0.322 e. The number of aromatic amines is 2. The van der Waals surface area contributed by atoms with E-state index in [2.05, 4.69) is 15.1 Å². The van der Waals surface area contributed by atoms with Crippen LogP contribution in [0.3, 0.4) is 0 Å². The number of fused-ring (bicyclic) bond motifs is 1. The van der Waals surface area contributed by atoms with Gasteiger partial charge in [-0.25, -0.2) is 9.67 Å². The fourth-order valence-electron chi connectivity index (χ4n) is 2.22. The van der Waals surface area contributed by atoms with Crippen LogP contribution in [0.15, 0.2) is 30.3 Å². The smallest absolute Gasteiger partial charge is 0.228 e. The summed E-state index contributed by atoms with van der Waals surface area (Å²) in [6.45, 7) is 0. The van der Waals surface area contributed by atoms with E-state index in [9.17, 15) is 0 Å². The highest BCUT2D eigenvalue weighted by atomic mass is 32.1. The van der Waals surface area contributed by atoms with Crippen molar-refractivity contribution in [2.45, 2.75) is 18.8 Å². The minimum absolute atomic E-state index is 0.664. The van der Waals surface area contributed by atoms with Gasteiger partial charge in [0, 0.05) is 11.6 Å². The standard InChI is InChI=1S/C13H12N4S/c18-12-7-11(8-5-6-8)16-17(12)13-14-9-3-1-2-4-10(9)15-13/h1-4,7-8,16H,5-6H2,(H,14,15). The summed E-state index contributed by atoms with van der Waals surface area (Å²) >= 11 is 5.38. The number of H-pyrrole nitrogens is 2. The Bertz CT molecular complexity index is 742. The number of imidazole rings is 1. The van der Waals surface area contributed by atoms with Crippen molar-refractivity contribution in [3.63, 3.8) is 0 Å². The molecule has 3 aromatic rings. The van der Waals surface area contributed by atoms with Crippen molar-refractivity contribution >= 4 is 23.3 Å².